The third kappa shape index (κ3) is 5.50. The molecule has 0 saturated heterocycles. The normalized spacial score (nSPS) is 10.5. The van der Waals surface area contributed by atoms with Crippen molar-refractivity contribution in [2.75, 3.05) is 13.2 Å². The SMILES string of the molecule is CCc1c(O)c(O)cc[n+]1CCOC(=O)CCC(=O)CNCl. The minimum Gasteiger partial charge on any atom is -0.504 e. The van der Waals surface area contributed by atoms with Gasteiger partial charge in [0.25, 0.3) is 0 Å². The molecule has 0 bridgehead atoms. The molecule has 1 heterocycles. The molecule has 0 radical (unpaired) electrons. The molecule has 0 aromatic carbocycles. The summed E-state index contributed by atoms with van der Waals surface area (Å²) in [5.41, 5.74) is 0.555. The molecule has 0 aliphatic rings. The first-order chi connectivity index (χ1) is 10.5. The molecule has 0 amide bonds. The standard InChI is InChI=1S/C14H19ClN2O5/c1-2-11-14(21)12(19)5-6-17(11)7-8-22-13(20)4-3-10(18)9-16-15/h5-6,16,21H,2-4,7-9H2,1H3/p+1. The molecule has 22 heavy (non-hydrogen) atoms. The van der Waals surface area contributed by atoms with Gasteiger partial charge in [0.1, 0.15) is 5.78 Å². The Morgan fingerprint density at radius 1 is 1.36 bits per heavy atom. The zero-order valence-corrected chi connectivity index (χ0v) is 13.1. The first-order valence-corrected chi connectivity index (χ1v) is 7.31. The number of hydrogen-bond donors (Lipinski definition) is 3. The zero-order valence-electron chi connectivity index (χ0n) is 12.3. The second-order valence-electron chi connectivity index (χ2n) is 4.61. The Morgan fingerprint density at radius 3 is 2.73 bits per heavy atom. The van der Waals surface area contributed by atoms with Crippen molar-refractivity contribution < 1.29 is 29.1 Å². The summed E-state index contributed by atoms with van der Waals surface area (Å²) in [7, 11) is 0. The number of carbonyl (C=O) groups is 2. The van der Waals surface area contributed by atoms with Gasteiger partial charge in [-0.2, -0.15) is 4.57 Å². The molecule has 1 rings (SSSR count). The number of aromatic hydroxyl groups is 2. The Morgan fingerprint density at radius 2 is 2.09 bits per heavy atom. The molecule has 0 aliphatic carbocycles. The van der Waals surface area contributed by atoms with E-state index in [-0.39, 0.29) is 43.3 Å². The highest BCUT2D eigenvalue weighted by molar-refractivity contribution is 6.14. The van der Waals surface area contributed by atoms with Gasteiger partial charge in [-0.3, -0.25) is 9.59 Å². The van der Waals surface area contributed by atoms with E-state index in [1.165, 1.54) is 6.07 Å². The number of pyridine rings is 1. The average molecular weight is 332 g/mol. The minimum atomic E-state index is -0.468. The van der Waals surface area contributed by atoms with Gasteiger partial charge in [-0.05, 0) is 11.8 Å². The zero-order chi connectivity index (χ0) is 16.5. The Hall–Kier alpha value is -1.86. The van der Waals surface area contributed by atoms with Gasteiger partial charge in [0.15, 0.2) is 25.1 Å². The predicted molar refractivity (Wildman–Crippen MR) is 78.4 cm³/mol. The van der Waals surface area contributed by atoms with Crippen LogP contribution in [0.4, 0.5) is 0 Å². The summed E-state index contributed by atoms with van der Waals surface area (Å²) >= 11 is 5.19. The molecule has 3 N–H and O–H groups in total. The largest absolute Gasteiger partial charge is 0.504 e. The highest BCUT2D eigenvalue weighted by Crippen LogP contribution is 2.25. The van der Waals surface area contributed by atoms with Gasteiger partial charge in [0.2, 0.25) is 11.4 Å². The lowest BCUT2D eigenvalue weighted by molar-refractivity contribution is -0.705. The molecule has 0 spiro atoms. The summed E-state index contributed by atoms with van der Waals surface area (Å²) in [5, 5.41) is 19.2. The molecule has 0 unspecified atom stereocenters. The van der Waals surface area contributed by atoms with E-state index in [4.69, 9.17) is 16.5 Å². The number of carbonyl (C=O) groups excluding carboxylic acids is 2. The number of nitrogens with one attached hydrogen (secondary N) is 1. The first-order valence-electron chi connectivity index (χ1n) is 6.93. The topological polar surface area (TPSA) is 99.7 Å². The third-order valence-electron chi connectivity index (χ3n) is 3.08. The van der Waals surface area contributed by atoms with Crippen molar-refractivity contribution in [1.82, 2.24) is 4.84 Å². The van der Waals surface area contributed by atoms with Crippen LogP contribution in [0.25, 0.3) is 0 Å². The molecule has 122 valence electrons. The van der Waals surface area contributed by atoms with Crippen LogP contribution in [0, 0.1) is 0 Å². The van der Waals surface area contributed by atoms with Crippen LogP contribution >= 0.6 is 11.8 Å². The van der Waals surface area contributed by atoms with Gasteiger partial charge in [0, 0.05) is 18.9 Å². The molecule has 0 aliphatic heterocycles. The summed E-state index contributed by atoms with van der Waals surface area (Å²) in [6, 6.07) is 1.37. The monoisotopic (exact) mass is 331 g/mol. The van der Waals surface area contributed by atoms with E-state index in [1.807, 2.05) is 6.92 Å². The van der Waals surface area contributed by atoms with E-state index < -0.39 is 5.97 Å². The molecular weight excluding hydrogens is 312 g/mol. The number of Topliss-reactive ketones (excluding diaryl/α,β-unsaturated/α-hetero) is 1. The number of ketones is 1. The van der Waals surface area contributed by atoms with Crippen molar-refractivity contribution in [2.45, 2.75) is 32.7 Å². The summed E-state index contributed by atoms with van der Waals surface area (Å²) in [6.07, 6.45) is 2.21. The van der Waals surface area contributed by atoms with Crippen molar-refractivity contribution in [1.29, 1.82) is 0 Å². The van der Waals surface area contributed by atoms with Crippen molar-refractivity contribution in [3.05, 3.63) is 18.0 Å². The maximum atomic E-state index is 11.5. The lowest BCUT2D eigenvalue weighted by atomic mass is 10.2. The summed E-state index contributed by atoms with van der Waals surface area (Å²) in [4.78, 5) is 24.9. The molecule has 1 aromatic heterocycles. The second kappa shape index (κ2) is 9.22. The van der Waals surface area contributed by atoms with Crippen molar-refractivity contribution in [2.24, 2.45) is 0 Å². The van der Waals surface area contributed by atoms with Gasteiger partial charge in [-0.15, -0.1) is 0 Å². The van der Waals surface area contributed by atoms with E-state index in [1.54, 1.807) is 10.8 Å². The average Bonchev–Trinajstić information content (AvgIpc) is 2.49. The number of halogens is 1. The molecule has 0 saturated carbocycles. The van der Waals surface area contributed by atoms with Gasteiger partial charge in [0.05, 0.1) is 13.0 Å². The van der Waals surface area contributed by atoms with Gasteiger partial charge >= 0.3 is 5.97 Å². The van der Waals surface area contributed by atoms with Crippen LogP contribution in [0.5, 0.6) is 11.5 Å². The summed E-state index contributed by atoms with van der Waals surface area (Å²) in [5.74, 6) is -0.991. The maximum Gasteiger partial charge on any atom is 0.306 e. The van der Waals surface area contributed by atoms with Crippen LogP contribution < -0.4 is 9.40 Å². The van der Waals surface area contributed by atoms with Crippen LogP contribution in [0.1, 0.15) is 25.5 Å². The fourth-order valence-electron chi connectivity index (χ4n) is 1.93. The number of nitrogens with zero attached hydrogens (tertiary/aromatic N) is 1. The number of ether oxygens (including phenoxy) is 1. The van der Waals surface area contributed by atoms with Crippen LogP contribution in [0.15, 0.2) is 12.3 Å². The smallest absolute Gasteiger partial charge is 0.306 e. The van der Waals surface area contributed by atoms with Crippen LogP contribution in [0.3, 0.4) is 0 Å². The quantitative estimate of drug-likeness (QED) is 0.348. The van der Waals surface area contributed by atoms with Crippen molar-refractivity contribution in [3.8, 4) is 11.5 Å². The highest BCUT2D eigenvalue weighted by Gasteiger charge is 2.18. The maximum absolute atomic E-state index is 11.5. The third-order valence-corrected chi connectivity index (χ3v) is 3.21. The van der Waals surface area contributed by atoms with Crippen LogP contribution in [-0.2, 0) is 27.3 Å². The lowest BCUT2D eigenvalue weighted by Gasteiger charge is -2.06. The molecule has 8 heteroatoms. The fraction of sp³-hybridized carbons (Fsp3) is 0.500. The lowest BCUT2D eigenvalue weighted by Crippen LogP contribution is -2.40. The molecule has 0 atom stereocenters. The molecule has 0 fully saturated rings. The second-order valence-corrected chi connectivity index (χ2v) is 4.88. The van der Waals surface area contributed by atoms with E-state index in [2.05, 4.69) is 4.84 Å². The Labute approximate surface area is 133 Å². The van der Waals surface area contributed by atoms with Crippen molar-refractivity contribution in [3.63, 3.8) is 0 Å². The highest BCUT2D eigenvalue weighted by atomic mass is 35.5. The van der Waals surface area contributed by atoms with E-state index in [9.17, 15) is 19.8 Å². The molecule has 7 nitrogen and oxygen atoms in total. The van der Waals surface area contributed by atoms with Gasteiger partial charge in [-0.1, -0.05) is 6.92 Å². The minimum absolute atomic E-state index is 0.00350. The first kappa shape index (κ1) is 18.2. The number of rotatable bonds is 9. The van der Waals surface area contributed by atoms with Gasteiger partial charge in [-0.25, -0.2) is 4.84 Å². The van der Waals surface area contributed by atoms with E-state index in [0.29, 0.717) is 18.7 Å². The van der Waals surface area contributed by atoms with Gasteiger partial charge < -0.3 is 14.9 Å². The number of aromatic nitrogens is 1. The summed E-state index contributed by atoms with van der Waals surface area (Å²) < 4.78 is 6.73. The van der Waals surface area contributed by atoms with Crippen molar-refractivity contribution >= 4 is 23.5 Å². The Balaban J connectivity index is 2.43. The predicted octanol–water partition coefficient (Wildman–Crippen LogP) is 0.584. The van der Waals surface area contributed by atoms with E-state index in [0.717, 1.165) is 0 Å². The van der Waals surface area contributed by atoms with Crippen LogP contribution in [-0.4, -0.2) is 35.1 Å². The molecular formula is C14H20ClN2O5+. The Bertz CT molecular complexity index is 536. The number of esters is 1. The summed E-state index contributed by atoms with van der Waals surface area (Å²) in [6.45, 7) is 2.31. The number of hydrogen-bond acceptors (Lipinski definition) is 6. The van der Waals surface area contributed by atoms with Crippen LogP contribution in [0.2, 0.25) is 0 Å². The fourth-order valence-corrected chi connectivity index (χ4v) is 2.08. The molecule has 1 aromatic rings. The van der Waals surface area contributed by atoms with E-state index >= 15 is 0 Å². The Kier molecular flexibility index (Phi) is 7.62.